The summed E-state index contributed by atoms with van der Waals surface area (Å²) >= 11 is 8.25. The van der Waals surface area contributed by atoms with Crippen LogP contribution in [0.25, 0.3) is 0 Å². The van der Waals surface area contributed by atoms with E-state index in [2.05, 4.69) is 40.0 Å². The van der Waals surface area contributed by atoms with Gasteiger partial charge in [-0.15, -0.1) is 0 Å². The Morgan fingerprint density at radius 3 is 2.41 bits per heavy atom. The molecule has 2 aromatic rings. The van der Waals surface area contributed by atoms with Crippen LogP contribution in [0, 0.1) is 3.57 Å². The molecule has 1 aliphatic carbocycles. The Kier molecular flexibility index (Phi) is 4.46. The average molecular weight is 426 g/mol. The normalized spacial score (nSPS) is 16.9. The third-order valence-corrected chi connectivity index (χ3v) is 5.54. The summed E-state index contributed by atoms with van der Waals surface area (Å²) in [6, 6.07) is 15.8. The highest BCUT2D eigenvalue weighted by Crippen LogP contribution is 2.49. The van der Waals surface area contributed by atoms with E-state index in [1.165, 1.54) is 3.57 Å². The van der Waals surface area contributed by atoms with Crippen LogP contribution in [0.5, 0.6) is 0 Å². The van der Waals surface area contributed by atoms with E-state index < -0.39 is 0 Å². The maximum atomic E-state index is 12.8. The molecule has 0 aromatic heterocycles. The third kappa shape index (κ3) is 3.01. The van der Waals surface area contributed by atoms with Crippen LogP contribution in [0.4, 0.5) is 0 Å². The van der Waals surface area contributed by atoms with Gasteiger partial charge in [-0.25, -0.2) is 0 Å². The van der Waals surface area contributed by atoms with Crippen LogP contribution in [0.3, 0.4) is 0 Å². The van der Waals surface area contributed by atoms with Gasteiger partial charge in [-0.1, -0.05) is 41.9 Å². The number of carbonyl (C=O) groups is 1. The van der Waals surface area contributed by atoms with Crippen molar-refractivity contribution >= 4 is 40.1 Å². The fourth-order valence-corrected chi connectivity index (χ4v) is 3.76. The summed E-state index contributed by atoms with van der Waals surface area (Å²) in [4.78, 5) is 12.8. The zero-order valence-corrected chi connectivity index (χ0v) is 15.2. The first kappa shape index (κ1) is 15.8. The van der Waals surface area contributed by atoms with Gasteiger partial charge in [-0.2, -0.15) is 0 Å². The predicted molar refractivity (Wildman–Crippen MR) is 98.1 cm³/mol. The molecule has 3 rings (SSSR count). The fourth-order valence-electron chi connectivity index (χ4n) is 2.78. The molecule has 1 aliphatic rings. The zero-order chi connectivity index (χ0) is 15.7. The van der Waals surface area contributed by atoms with Gasteiger partial charge in [0.2, 0.25) is 5.91 Å². The quantitative estimate of drug-likeness (QED) is 0.697. The lowest BCUT2D eigenvalue weighted by molar-refractivity contribution is -0.124. The van der Waals surface area contributed by atoms with Crippen LogP contribution in [0.2, 0.25) is 5.02 Å². The van der Waals surface area contributed by atoms with E-state index in [4.69, 9.17) is 11.6 Å². The lowest BCUT2D eigenvalue weighted by Crippen LogP contribution is -2.36. The van der Waals surface area contributed by atoms with Crippen LogP contribution < -0.4 is 5.32 Å². The smallest absolute Gasteiger partial charge is 0.231 e. The largest absolute Gasteiger partial charge is 0.349 e. The molecule has 1 N–H and O–H groups in total. The van der Waals surface area contributed by atoms with E-state index in [-0.39, 0.29) is 17.4 Å². The Morgan fingerprint density at radius 2 is 1.82 bits per heavy atom. The second-order valence-electron chi connectivity index (χ2n) is 5.81. The second kappa shape index (κ2) is 6.20. The van der Waals surface area contributed by atoms with Crippen molar-refractivity contribution in [2.45, 2.75) is 31.2 Å². The minimum atomic E-state index is -0.362. The molecule has 4 heteroatoms. The van der Waals surface area contributed by atoms with E-state index >= 15 is 0 Å². The van der Waals surface area contributed by atoms with Crippen molar-refractivity contribution in [1.29, 1.82) is 0 Å². The lowest BCUT2D eigenvalue weighted by atomic mass is 9.94. The molecule has 2 aromatic carbocycles. The topological polar surface area (TPSA) is 29.1 Å². The Morgan fingerprint density at radius 1 is 1.18 bits per heavy atom. The standard InChI is InChI=1S/C18H17ClINO/c1-12(15-4-2-3-5-16(15)20)21-17(22)18(10-11-18)13-6-8-14(19)9-7-13/h2-9,12H,10-11H2,1H3,(H,21,22)/t12-/m0/s1. The Hall–Kier alpha value is -1.07. The number of benzene rings is 2. The average Bonchev–Trinajstić information content (AvgIpc) is 3.30. The van der Waals surface area contributed by atoms with Crippen LogP contribution in [0.1, 0.15) is 36.9 Å². The van der Waals surface area contributed by atoms with Gasteiger partial charge in [0.25, 0.3) is 0 Å². The molecule has 1 atom stereocenters. The van der Waals surface area contributed by atoms with Crippen molar-refractivity contribution in [3.8, 4) is 0 Å². The van der Waals surface area contributed by atoms with Gasteiger partial charge >= 0.3 is 0 Å². The highest BCUT2D eigenvalue weighted by atomic mass is 127. The minimum Gasteiger partial charge on any atom is -0.349 e. The van der Waals surface area contributed by atoms with Gasteiger partial charge in [-0.3, -0.25) is 4.79 Å². The van der Waals surface area contributed by atoms with Gasteiger partial charge in [-0.05, 0) is 71.7 Å². The van der Waals surface area contributed by atoms with Crippen molar-refractivity contribution in [3.63, 3.8) is 0 Å². The van der Waals surface area contributed by atoms with Gasteiger partial charge in [0.05, 0.1) is 11.5 Å². The third-order valence-electron chi connectivity index (χ3n) is 4.30. The minimum absolute atomic E-state index is 0.00498. The number of nitrogens with one attached hydrogen (secondary N) is 1. The van der Waals surface area contributed by atoms with Crippen molar-refractivity contribution in [1.82, 2.24) is 5.32 Å². The maximum absolute atomic E-state index is 12.8. The molecule has 114 valence electrons. The van der Waals surface area contributed by atoms with E-state index in [0.717, 1.165) is 24.0 Å². The van der Waals surface area contributed by atoms with Crippen molar-refractivity contribution < 1.29 is 4.79 Å². The molecule has 0 unspecified atom stereocenters. The monoisotopic (exact) mass is 425 g/mol. The summed E-state index contributed by atoms with van der Waals surface area (Å²) < 4.78 is 1.17. The summed E-state index contributed by atoms with van der Waals surface area (Å²) in [6.07, 6.45) is 1.80. The molecular weight excluding hydrogens is 409 g/mol. The zero-order valence-electron chi connectivity index (χ0n) is 12.3. The number of hydrogen-bond donors (Lipinski definition) is 1. The molecule has 0 aliphatic heterocycles. The molecular formula is C18H17ClINO. The number of halogens is 2. The summed E-state index contributed by atoms with van der Waals surface area (Å²) in [5.74, 6) is 0.113. The molecule has 0 bridgehead atoms. The molecule has 0 saturated heterocycles. The molecule has 0 spiro atoms. The van der Waals surface area contributed by atoms with Gasteiger partial charge < -0.3 is 5.32 Å². The molecule has 0 radical (unpaired) electrons. The summed E-state index contributed by atoms with van der Waals surface area (Å²) in [7, 11) is 0. The molecule has 0 heterocycles. The van der Waals surface area contributed by atoms with Crippen molar-refractivity contribution in [2.24, 2.45) is 0 Å². The van der Waals surface area contributed by atoms with Crippen LogP contribution >= 0.6 is 34.2 Å². The van der Waals surface area contributed by atoms with Gasteiger partial charge in [0, 0.05) is 8.59 Å². The second-order valence-corrected chi connectivity index (χ2v) is 7.40. The number of rotatable bonds is 4. The molecule has 2 nitrogen and oxygen atoms in total. The SMILES string of the molecule is C[C@H](NC(=O)C1(c2ccc(Cl)cc2)CC1)c1ccccc1I. The van der Waals surface area contributed by atoms with Crippen molar-refractivity contribution in [3.05, 3.63) is 68.3 Å². The predicted octanol–water partition coefficient (Wildman–Crippen LogP) is 4.85. The fraction of sp³-hybridized carbons (Fsp3) is 0.278. The van der Waals surface area contributed by atoms with Gasteiger partial charge in [0.1, 0.15) is 0 Å². The van der Waals surface area contributed by atoms with E-state index in [1.54, 1.807) is 0 Å². The molecule has 1 saturated carbocycles. The van der Waals surface area contributed by atoms with E-state index in [9.17, 15) is 4.79 Å². The number of carbonyl (C=O) groups excluding carboxylic acids is 1. The van der Waals surface area contributed by atoms with E-state index in [0.29, 0.717) is 5.02 Å². The summed E-state index contributed by atoms with van der Waals surface area (Å²) in [5, 5.41) is 3.88. The first-order valence-electron chi connectivity index (χ1n) is 7.34. The molecule has 22 heavy (non-hydrogen) atoms. The summed E-state index contributed by atoms with van der Waals surface area (Å²) in [6.45, 7) is 2.04. The number of hydrogen-bond acceptors (Lipinski definition) is 1. The maximum Gasteiger partial charge on any atom is 0.231 e. The van der Waals surface area contributed by atoms with Crippen LogP contribution in [-0.2, 0) is 10.2 Å². The Bertz CT molecular complexity index is 694. The molecule has 1 amide bonds. The van der Waals surface area contributed by atoms with Gasteiger partial charge in [0.15, 0.2) is 0 Å². The lowest BCUT2D eigenvalue weighted by Gasteiger charge is -2.21. The highest BCUT2D eigenvalue weighted by Gasteiger charge is 2.51. The Balaban J connectivity index is 1.77. The summed E-state index contributed by atoms with van der Waals surface area (Å²) in [5.41, 5.74) is 1.85. The first-order chi connectivity index (χ1) is 10.5. The van der Waals surface area contributed by atoms with Crippen molar-refractivity contribution in [2.75, 3.05) is 0 Å². The highest BCUT2D eigenvalue weighted by molar-refractivity contribution is 14.1. The van der Waals surface area contributed by atoms with E-state index in [1.807, 2.05) is 43.3 Å². The number of amides is 1. The molecule has 1 fully saturated rings. The van der Waals surface area contributed by atoms with Crippen LogP contribution in [-0.4, -0.2) is 5.91 Å². The van der Waals surface area contributed by atoms with Crippen LogP contribution in [0.15, 0.2) is 48.5 Å². The Labute approximate surface area is 149 Å². The first-order valence-corrected chi connectivity index (χ1v) is 8.80.